The number of benzene rings is 1. The summed E-state index contributed by atoms with van der Waals surface area (Å²) in [7, 11) is 1.66. The van der Waals surface area contributed by atoms with Gasteiger partial charge in [-0.15, -0.1) is 5.10 Å². The third-order valence-electron chi connectivity index (χ3n) is 4.75. The maximum Gasteiger partial charge on any atom is 0.224 e. The number of piperidine rings is 1. The van der Waals surface area contributed by atoms with Crippen LogP contribution in [0.15, 0.2) is 36.4 Å². The lowest BCUT2D eigenvalue weighted by atomic mass is 9.97. The molecule has 138 valence electrons. The highest BCUT2D eigenvalue weighted by atomic mass is 16.5. The molecule has 26 heavy (non-hydrogen) atoms. The van der Waals surface area contributed by atoms with E-state index in [0.29, 0.717) is 13.1 Å². The second kappa shape index (κ2) is 8.65. The molecule has 1 unspecified atom stereocenters. The Balaban J connectivity index is 1.50. The minimum absolute atomic E-state index is 0.00263. The number of nitrogens with one attached hydrogen (secondary N) is 1. The second-order valence-electron chi connectivity index (χ2n) is 6.71. The molecule has 2 heterocycles. The van der Waals surface area contributed by atoms with Crippen LogP contribution in [0.25, 0.3) is 0 Å². The van der Waals surface area contributed by atoms with Crippen molar-refractivity contribution in [1.29, 1.82) is 0 Å². The molecule has 3 rings (SSSR count). The van der Waals surface area contributed by atoms with Gasteiger partial charge in [-0.3, -0.25) is 4.79 Å². The first kappa shape index (κ1) is 18.2. The molecule has 0 saturated carbocycles. The van der Waals surface area contributed by atoms with E-state index < -0.39 is 0 Å². The molecule has 0 bridgehead atoms. The number of aromatic nitrogens is 2. The smallest absolute Gasteiger partial charge is 0.224 e. The van der Waals surface area contributed by atoms with E-state index in [1.54, 1.807) is 7.11 Å². The molecule has 0 spiro atoms. The van der Waals surface area contributed by atoms with Crippen LogP contribution in [0.1, 0.15) is 24.1 Å². The fraction of sp³-hybridized carbons (Fsp3) is 0.450. The van der Waals surface area contributed by atoms with Gasteiger partial charge in [-0.05, 0) is 56.0 Å². The Kier molecular flexibility index (Phi) is 6.04. The van der Waals surface area contributed by atoms with Gasteiger partial charge in [0.25, 0.3) is 0 Å². The molecule has 1 aliphatic rings. The van der Waals surface area contributed by atoms with E-state index in [2.05, 4.69) is 20.4 Å². The van der Waals surface area contributed by atoms with Gasteiger partial charge < -0.3 is 15.0 Å². The molecular weight excluding hydrogens is 328 g/mol. The van der Waals surface area contributed by atoms with Crippen molar-refractivity contribution < 1.29 is 9.53 Å². The molecule has 0 radical (unpaired) electrons. The summed E-state index contributed by atoms with van der Waals surface area (Å²) >= 11 is 0. The molecule has 1 fully saturated rings. The lowest BCUT2D eigenvalue weighted by Crippen LogP contribution is -2.43. The van der Waals surface area contributed by atoms with Crippen LogP contribution < -0.4 is 15.0 Å². The topological polar surface area (TPSA) is 67.3 Å². The van der Waals surface area contributed by atoms with Gasteiger partial charge in [-0.2, -0.15) is 5.10 Å². The number of nitrogens with zero attached hydrogens (tertiary/aromatic N) is 3. The largest absolute Gasteiger partial charge is 0.497 e. The van der Waals surface area contributed by atoms with Crippen LogP contribution in [0.5, 0.6) is 5.75 Å². The number of hydrogen-bond donors (Lipinski definition) is 1. The Hall–Kier alpha value is -2.63. The molecular formula is C20H26N4O2. The number of methoxy groups -OCH3 is 1. The Morgan fingerprint density at radius 3 is 2.96 bits per heavy atom. The van der Waals surface area contributed by atoms with E-state index in [0.717, 1.165) is 48.6 Å². The molecule has 6 heteroatoms. The van der Waals surface area contributed by atoms with Crippen LogP contribution in [-0.2, 0) is 11.2 Å². The van der Waals surface area contributed by atoms with Crippen molar-refractivity contribution in [3.63, 3.8) is 0 Å². The number of aryl methyl sites for hydroxylation is 1. The normalized spacial score (nSPS) is 17.0. The minimum atomic E-state index is -0.00263. The molecule has 1 saturated heterocycles. The summed E-state index contributed by atoms with van der Waals surface area (Å²) in [6.45, 7) is 4.17. The van der Waals surface area contributed by atoms with Crippen LogP contribution in [0.4, 0.5) is 5.82 Å². The first-order valence-corrected chi connectivity index (χ1v) is 9.11. The van der Waals surface area contributed by atoms with Crippen molar-refractivity contribution in [2.45, 2.75) is 26.2 Å². The fourth-order valence-corrected chi connectivity index (χ4v) is 3.26. The zero-order chi connectivity index (χ0) is 18.4. The summed E-state index contributed by atoms with van der Waals surface area (Å²) in [6.07, 6.45) is 2.70. The number of anilines is 1. The van der Waals surface area contributed by atoms with Gasteiger partial charge in [0.2, 0.25) is 5.91 Å². The zero-order valence-electron chi connectivity index (χ0n) is 15.4. The molecule has 1 amide bonds. The second-order valence-corrected chi connectivity index (χ2v) is 6.71. The summed E-state index contributed by atoms with van der Waals surface area (Å²) < 4.78 is 5.23. The summed E-state index contributed by atoms with van der Waals surface area (Å²) in [6, 6.07) is 11.9. The van der Waals surface area contributed by atoms with Gasteiger partial charge in [0.1, 0.15) is 5.75 Å². The molecule has 0 aliphatic carbocycles. The van der Waals surface area contributed by atoms with E-state index in [4.69, 9.17) is 4.74 Å². The van der Waals surface area contributed by atoms with Crippen LogP contribution >= 0.6 is 0 Å². The molecule has 1 aromatic heterocycles. The van der Waals surface area contributed by atoms with E-state index in [9.17, 15) is 4.79 Å². The third-order valence-corrected chi connectivity index (χ3v) is 4.75. The summed E-state index contributed by atoms with van der Waals surface area (Å²) in [5.41, 5.74) is 2.06. The van der Waals surface area contributed by atoms with Crippen molar-refractivity contribution in [1.82, 2.24) is 15.5 Å². The molecule has 1 N–H and O–H groups in total. The van der Waals surface area contributed by atoms with E-state index >= 15 is 0 Å². The van der Waals surface area contributed by atoms with Gasteiger partial charge in [0.15, 0.2) is 5.82 Å². The van der Waals surface area contributed by atoms with Crippen molar-refractivity contribution in [3.8, 4) is 5.75 Å². The number of rotatable bonds is 6. The summed E-state index contributed by atoms with van der Waals surface area (Å²) in [4.78, 5) is 14.7. The Morgan fingerprint density at radius 1 is 1.31 bits per heavy atom. The number of ether oxygens (including phenoxy) is 1. The van der Waals surface area contributed by atoms with E-state index in [-0.39, 0.29) is 11.8 Å². The first-order chi connectivity index (χ1) is 12.7. The molecule has 1 aliphatic heterocycles. The lowest BCUT2D eigenvalue weighted by molar-refractivity contribution is -0.125. The lowest BCUT2D eigenvalue weighted by Gasteiger charge is -2.32. The van der Waals surface area contributed by atoms with Crippen LogP contribution in [-0.4, -0.2) is 42.8 Å². The molecule has 2 aromatic rings. The van der Waals surface area contributed by atoms with Crippen LogP contribution in [0, 0.1) is 12.8 Å². The van der Waals surface area contributed by atoms with Gasteiger partial charge in [-0.1, -0.05) is 12.1 Å². The SMILES string of the molecule is COc1cccc(CCNC(=O)C2CCCN(c3ccc(C)nn3)C2)c1. The van der Waals surface area contributed by atoms with Crippen LogP contribution in [0.3, 0.4) is 0 Å². The average Bonchev–Trinajstić information content (AvgIpc) is 2.69. The number of carbonyl (C=O) groups is 1. The zero-order valence-corrected chi connectivity index (χ0v) is 15.4. The quantitative estimate of drug-likeness (QED) is 0.863. The van der Waals surface area contributed by atoms with Gasteiger partial charge in [-0.25, -0.2) is 0 Å². The van der Waals surface area contributed by atoms with Gasteiger partial charge >= 0.3 is 0 Å². The Morgan fingerprint density at radius 2 is 2.19 bits per heavy atom. The number of carbonyl (C=O) groups excluding carboxylic acids is 1. The number of amides is 1. The van der Waals surface area contributed by atoms with Gasteiger partial charge in [0, 0.05) is 19.6 Å². The summed E-state index contributed by atoms with van der Waals surface area (Å²) in [5.74, 6) is 1.82. The highest BCUT2D eigenvalue weighted by Crippen LogP contribution is 2.21. The van der Waals surface area contributed by atoms with Crippen molar-refractivity contribution in [2.24, 2.45) is 5.92 Å². The maximum atomic E-state index is 12.5. The van der Waals surface area contributed by atoms with E-state index in [1.807, 2.05) is 43.3 Å². The van der Waals surface area contributed by atoms with E-state index in [1.165, 1.54) is 0 Å². The maximum absolute atomic E-state index is 12.5. The predicted octanol–water partition coefficient (Wildman–Crippen LogP) is 2.37. The third kappa shape index (κ3) is 4.71. The molecule has 6 nitrogen and oxygen atoms in total. The number of hydrogen-bond acceptors (Lipinski definition) is 5. The highest BCUT2D eigenvalue weighted by molar-refractivity contribution is 5.79. The monoisotopic (exact) mass is 354 g/mol. The van der Waals surface area contributed by atoms with Crippen LogP contribution in [0.2, 0.25) is 0 Å². The van der Waals surface area contributed by atoms with Gasteiger partial charge in [0.05, 0.1) is 18.7 Å². The van der Waals surface area contributed by atoms with Crippen molar-refractivity contribution >= 4 is 11.7 Å². The molecule has 1 atom stereocenters. The minimum Gasteiger partial charge on any atom is -0.497 e. The fourth-order valence-electron chi connectivity index (χ4n) is 3.26. The predicted molar refractivity (Wildman–Crippen MR) is 101 cm³/mol. The van der Waals surface area contributed by atoms with Crippen molar-refractivity contribution in [2.75, 3.05) is 31.6 Å². The Bertz CT molecular complexity index is 733. The standard InChI is InChI=1S/C20H26N4O2/c1-15-8-9-19(23-22-15)24-12-4-6-17(14-24)20(25)21-11-10-16-5-3-7-18(13-16)26-2/h3,5,7-9,13,17H,4,6,10-12,14H2,1-2H3,(H,21,25). The highest BCUT2D eigenvalue weighted by Gasteiger charge is 2.26. The summed E-state index contributed by atoms with van der Waals surface area (Å²) in [5, 5.41) is 11.4. The van der Waals surface area contributed by atoms with Crippen molar-refractivity contribution in [3.05, 3.63) is 47.7 Å². The molecule has 1 aromatic carbocycles. The Labute approximate surface area is 154 Å². The average molecular weight is 354 g/mol. The first-order valence-electron chi connectivity index (χ1n) is 9.11.